The molecule has 20 heavy (non-hydrogen) atoms. The Labute approximate surface area is 122 Å². The molecule has 0 aliphatic carbocycles. The average molecular weight is 281 g/mol. The molecule has 0 amide bonds. The van der Waals surface area contributed by atoms with E-state index in [1.807, 2.05) is 18.2 Å². The molecule has 1 atom stereocenters. The zero-order valence-electron chi connectivity index (χ0n) is 13.0. The average Bonchev–Trinajstić information content (AvgIpc) is 2.50. The number of para-hydroxylation sites is 1. The lowest BCUT2D eigenvalue weighted by Gasteiger charge is -2.27. The lowest BCUT2D eigenvalue weighted by atomic mass is 10.0. The molecule has 0 aromatic heterocycles. The quantitative estimate of drug-likeness (QED) is 0.669. The van der Waals surface area contributed by atoms with Crippen molar-refractivity contribution in [3.63, 3.8) is 0 Å². The highest BCUT2D eigenvalue weighted by molar-refractivity contribution is 5.36. The Morgan fingerprint density at radius 1 is 1.05 bits per heavy atom. The minimum absolute atomic E-state index is 0.0435. The molecule has 0 saturated carbocycles. The van der Waals surface area contributed by atoms with E-state index in [1.54, 1.807) is 14.2 Å². The molecule has 4 nitrogen and oxygen atoms in total. The van der Waals surface area contributed by atoms with Gasteiger partial charge in [0.1, 0.15) is 5.75 Å². The van der Waals surface area contributed by atoms with Gasteiger partial charge in [-0.1, -0.05) is 32.0 Å². The summed E-state index contributed by atoms with van der Waals surface area (Å²) in [6.45, 7) is 5.85. The van der Waals surface area contributed by atoms with Crippen LogP contribution >= 0.6 is 0 Å². The predicted molar refractivity (Wildman–Crippen MR) is 81.1 cm³/mol. The second-order valence-electron chi connectivity index (χ2n) is 4.66. The largest absolute Gasteiger partial charge is 0.493 e. The third-order valence-electron chi connectivity index (χ3n) is 3.07. The SMILES string of the molecule is CCCNC(c1ccccc1OCCC)C(OC)OC. The number of benzene rings is 1. The molecule has 0 radical (unpaired) electrons. The van der Waals surface area contributed by atoms with Crippen LogP contribution in [0.25, 0.3) is 0 Å². The van der Waals surface area contributed by atoms with E-state index in [-0.39, 0.29) is 12.3 Å². The van der Waals surface area contributed by atoms with Gasteiger partial charge in [-0.3, -0.25) is 0 Å². The van der Waals surface area contributed by atoms with Gasteiger partial charge in [-0.15, -0.1) is 0 Å². The zero-order valence-corrected chi connectivity index (χ0v) is 13.0. The van der Waals surface area contributed by atoms with Gasteiger partial charge in [0.2, 0.25) is 0 Å². The van der Waals surface area contributed by atoms with Crippen molar-refractivity contribution in [1.29, 1.82) is 0 Å². The molecule has 0 aliphatic rings. The van der Waals surface area contributed by atoms with Gasteiger partial charge in [0, 0.05) is 19.8 Å². The molecular weight excluding hydrogens is 254 g/mol. The fourth-order valence-corrected chi connectivity index (χ4v) is 2.10. The summed E-state index contributed by atoms with van der Waals surface area (Å²) in [6, 6.07) is 8.01. The molecule has 1 unspecified atom stereocenters. The summed E-state index contributed by atoms with van der Waals surface area (Å²) in [5, 5.41) is 3.47. The monoisotopic (exact) mass is 281 g/mol. The van der Waals surface area contributed by atoms with Gasteiger partial charge in [-0.25, -0.2) is 0 Å². The Hall–Kier alpha value is -1.10. The lowest BCUT2D eigenvalue weighted by molar-refractivity contribution is -0.124. The summed E-state index contributed by atoms with van der Waals surface area (Å²) >= 11 is 0. The van der Waals surface area contributed by atoms with Crippen molar-refractivity contribution < 1.29 is 14.2 Å². The van der Waals surface area contributed by atoms with E-state index in [2.05, 4.69) is 25.2 Å². The highest BCUT2D eigenvalue weighted by Gasteiger charge is 2.25. The maximum absolute atomic E-state index is 5.84. The molecule has 0 saturated heterocycles. The second kappa shape index (κ2) is 9.75. The highest BCUT2D eigenvalue weighted by Crippen LogP contribution is 2.29. The molecule has 0 heterocycles. The van der Waals surface area contributed by atoms with Crippen LogP contribution in [-0.2, 0) is 9.47 Å². The molecule has 0 fully saturated rings. The van der Waals surface area contributed by atoms with Gasteiger partial charge in [0.15, 0.2) is 6.29 Å². The molecule has 4 heteroatoms. The maximum atomic E-state index is 5.84. The van der Waals surface area contributed by atoms with E-state index < -0.39 is 0 Å². The number of ether oxygens (including phenoxy) is 3. The van der Waals surface area contributed by atoms with E-state index in [9.17, 15) is 0 Å². The van der Waals surface area contributed by atoms with Crippen LogP contribution < -0.4 is 10.1 Å². The van der Waals surface area contributed by atoms with E-state index in [4.69, 9.17) is 14.2 Å². The fourth-order valence-electron chi connectivity index (χ4n) is 2.10. The van der Waals surface area contributed by atoms with E-state index >= 15 is 0 Å². The van der Waals surface area contributed by atoms with E-state index in [1.165, 1.54) is 0 Å². The second-order valence-corrected chi connectivity index (χ2v) is 4.66. The predicted octanol–water partition coefficient (Wildman–Crippen LogP) is 3.14. The first-order chi connectivity index (χ1) is 9.78. The van der Waals surface area contributed by atoms with Crippen LogP contribution in [0.15, 0.2) is 24.3 Å². The van der Waals surface area contributed by atoms with Gasteiger partial charge >= 0.3 is 0 Å². The summed E-state index contributed by atoms with van der Waals surface area (Å²) in [7, 11) is 3.31. The van der Waals surface area contributed by atoms with Crippen LogP contribution in [0.4, 0.5) is 0 Å². The van der Waals surface area contributed by atoms with Crippen LogP contribution in [0.3, 0.4) is 0 Å². The molecule has 0 spiro atoms. The van der Waals surface area contributed by atoms with Crippen molar-refractivity contribution in [2.75, 3.05) is 27.4 Å². The Bertz CT molecular complexity index is 366. The van der Waals surface area contributed by atoms with Crippen LogP contribution in [-0.4, -0.2) is 33.7 Å². The number of methoxy groups -OCH3 is 2. The normalized spacial score (nSPS) is 12.7. The summed E-state index contributed by atoms with van der Waals surface area (Å²) in [6.07, 6.45) is 1.70. The molecule has 1 rings (SSSR count). The Kier molecular flexibility index (Phi) is 8.26. The van der Waals surface area contributed by atoms with Crippen molar-refractivity contribution in [3.8, 4) is 5.75 Å². The first-order valence-corrected chi connectivity index (χ1v) is 7.29. The lowest BCUT2D eigenvalue weighted by Crippen LogP contribution is -2.35. The van der Waals surface area contributed by atoms with E-state index in [0.717, 1.165) is 30.7 Å². The molecule has 0 bridgehead atoms. The first kappa shape index (κ1) is 17.0. The van der Waals surface area contributed by atoms with Gasteiger partial charge in [0.25, 0.3) is 0 Å². The summed E-state index contributed by atoms with van der Waals surface area (Å²) < 4.78 is 16.7. The summed E-state index contributed by atoms with van der Waals surface area (Å²) in [5.41, 5.74) is 1.07. The summed E-state index contributed by atoms with van der Waals surface area (Å²) in [5.74, 6) is 0.891. The molecule has 1 aromatic carbocycles. The Morgan fingerprint density at radius 2 is 1.75 bits per heavy atom. The molecule has 1 aromatic rings. The number of hydrogen-bond donors (Lipinski definition) is 1. The minimum Gasteiger partial charge on any atom is -0.493 e. The molecule has 1 N–H and O–H groups in total. The van der Waals surface area contributed by atoms with Gasteiger partial charge in [-0.2, -0.15) is 0 Å². The van der Waals surface area contributed by atoms with Crippen molar-refractivity contribution >= 4 is 0 Å². The fraction of sp³-hybridized carbons (Fsp3) is 0.625. The van der Waals surface area contributed by atoms with Gasteiger partial charge < -0.3 is 19.5 Å². The van der Waals surface area contributed by atoms with Crippen molar-refractivity contribution in [1.82, 2.24) is 5.32 Å². The third-order valence-corrected chi connectivity index (χ3v) is 3.07. The topological polar surface area (TPSA) is 39.7 Å². The number of hydrogen-bond acceptors (Lipinski definition) is 4. The van der Waals surface area contributed by atoms with Crippen LogP contribution in [0, 0.1) is 0 Å². The molecule has 0 aliphatic heterocycles. The van der Waals surface area contributed by atoms with Crippen LogP contribution in [0.2, 0.25) is 0 Å². The Morgan fingerprint density at radius 3 is 2.35 bits per heavy atom. The van der Waals surface area contributed by atoms with Crippen molar-refractivity contribution in [3.05, 3.63) is 29.8 Å². The third kappa shape index (κ3) is 4.78. The van der Waals surface area contributed by atoms with Gasteiger partial charge in [-0.05, 0) is 25.5 Å². The first-order valence-electron chi connectivity index (χ1n) is 7.29. The zero-order chi connectivity index (χ0) is 14.8. The maximum Gasteiger partial charge on any atom is 0.176 e. The smallest absolute Gasteiger partial charge is 0.176 e. The highest BCUT2D eigenvalue weighted by atomic mass is 16.7. The minimum atomic E-state index is -0.340. The number of nitrogens with one attached hydrogen (secondary N) is 1. The Balaban J connectivity index is 2.98. The van der Waals surface area contributed by atoms with Crippen LogP contribution in [0.1, 0.15) is 38.3 Å². The van der Waals surface area contributed by atoms with Crippen molar-refractivity contribution in [2.24, 2.45) is 0 Å². The molecular formula is C16H27NO3. The molecule has 114 valence electrons. The van der Waals surface area contributed by atoms with Gasteiger partial charge in [0.05, 0.1) is 12.6 Å². The van der Waals surface area contributed by atoms with Crippen LogP contribution in [0.5, 0.6) is 5.75 Å². The summed E-state index contributed by atoms with van der Waals surface area (Å²) in [4.78, 5) is 0. The standard InChI is InChI=1S/C16H27NO3/c1-5-11-17-15(16(18-3)19-4)13-9-7-8-10-14(13)20-12-6-2/h7-10,15-17H,5-6,11-12H2,1-4H3. The van der Waals surface area contributed by atoms with E-state index in [0.29, 0.717) is 6.61 Å². The number of rotatable bonds is 10. The van der Waals surface area contributed by atoms with Crippen molar-refractivity contribution in [2.45, 2.75) is 39.0 Å².